The fraction of sp³-hybridized carbons (Fsp3) is 0.333. The van der Waals surface area contributed by atoms with Crippen LogP contribution in [0.5, 0.6) is 5.75 Å². The molecule has 7 heteroatoms. The lowest BCUT2D eigenvalue weighted by atomic mass is 10.2. The van der Waals surface area contributed by atoms with Gasteiger partial charge in [-0.1, -0.05) is 36.4 Å². The highest BCUT2D eigenvalue weighted by Gasteiger charge is 2.20. The molecule has 1 N–H and O–H groups in total. The number of nitrogens with one attached hydrogen (secondary N) is 1. The molecule has 0 saturated carbocycles. The second-order valence-electron chi connectivity index (χ2n) is 7.86. The van der Waals surface area contributed by atoms with Crippen molar-refractivity contribution < 1.29 is 9.47 Å². The molecule has 0 spiro atoms. The second kappa shape index (κ2) is 9.66. The standard InChI is InChI=1S/C24H29N5O2/c1-18-16-29(12-13-30-18)24-26-22(15-23(27-24)28(2)3)25-20-10-7-11-21(14-20)31-17-19-8-5-4-6-9-19/h4-11,14-15,18H,12-13,16-17H2,1-3H3,(H,25,26,27)/t18-/m0/s1. The zero-order chi connectivity index (χ0) is 21.6. The first-order chi connectivity index (χ1) is 15.1. The summed E-state index contributed by atoms with van der Waals surface area (Å²) in [5, 5.41) is 3.41. The monoisotopic (exact) mass is 419 g/mol. The van der Waals surface area contributed by atoms with Gasteiger partial charge in [-0.3, -0.25) is 0 Å². The van der Waals surface area contributed by atoms with Gasteiger partial charge in [-0.2, -0.15) is 9.97 Å². The molecule has 0 radical (unpaired) electrons. The van der Waals surface area contributed by atoms with E-state index in [4.69, 9.17) is 19.4 Å². The summed E-state index contributed by atoms with van der Waals surface area (Å²) in [6, 6.07) is 20.0. The van der Waals surface area contributed by atoms with E-state index in [0.717, 1.165) is 41.7 Å². The van der Waals surface area contributed by atoms with Gasteiger partial charge in [-0.15, -0.1) is 0 Å². The van der Waals surface area contributed by atoms with E-state index in [1.807, 2.05) is 67.5 Å². The Morgan fingerprint density at radius 2 is 1.94 bits per heavy atom. The molecule has 1 aliphatic heterocycles. The Balaban J connectivity index is 1.51. The van der Waals surface area contributed by atoms with Crippen molar-refractivity contribution in [2.24, 2.45) is 0 Å². The van der Waals surface area contributed by atoms with E-state index in [1.54, 1.807) is 0 Å². The summed E-state index contributed by atoms with van der Waals surface area (Å²) in [7, 11) is 3.96. The van der Waals surface area contributed by atoms with Crippen molar-refractivity contribution >= 4 is 23.3 Å². The molecule has 162 valence electrons. The molecule has 1 atom stereocenters. The summed E-state index contributed by atoms with van der Waals surface area (Å²) in [5.74, 6) is 3.11. The normalized spacial score (nSPS) is 16.1. The molecule has 1 saturated heterocycles. The maximum Gasteiger partial charge on any atom is 0.229 e. The van der Waals surface area contributed by atoms with E-state index >= 15 is 0 Å². The molecule has 1 aliphatic rings. The number of benzene rings is 2. The maximum atomic E-state index is 5.96. The number of hydrogen-bond acceptors (Lipinski definition) is 7. The van der Waals surface area contributed by atoms with Gasteiger partial charge < -0.3 is 24.6 Å². The number of nitrogens with zero attached hydrogens (tertiary/aromatic N) is 4. The largest absolute Gasteiger partial charge is 0.489 e. The van der Waals surface area contributed by atoms with Crippen LogP contribution < -0.4 is 19.9 Å². The zero-order valence-electron chi connectivity index (χ0n) is 18.3. The highest BCUT2D eigenvalue weighted by molar-refractivity contribution is 5.63. The minimum Gasteiger partial charge on any atom is -0.489 e. The number of rotatable bonds is 7. The minimum atomic E-state index is 0.162. The Hall–Kier alpha value is -3.32. The number of ether oxygens (including phenoxy) is 2. The van der Waals surface area contributed by atoms with E-state index in [2.05, 4.69) is 29.3 Å². The van der Waals surface area contributed by atoms with Crippen molar-refractivity contribution in [3.8, 4) is 5.75 Å². The predicted molar refractivity (Wildman–Crippen MR) is 124 cm³/mol. The van der Waals surface area contributed by atoms with Gasteiger partial charge in [0.2, 0.25) is 5.95 Å². The Bertz CT molecular complexity index is 996. The summed E-state index contributed by atoms with van der Waals surface area (Å²) in [6.07, 6.45) is 0.162. The molecule has 2 heterocycles. The van der Waals surface area contributed by atoms with Crippen LogP contribution in [-0.4, -0.2) is 49.9 Å². The predicted octanol–water partition coefficient (Wildman–Crippen LogP) is 4.09. The summed E-state index contributed by atoms with van der Waals surface area (Å²) in [6.45, 7) is 4.84. The fourth-order valence-corrected chi connectivity index (χ4v) is 3.41. The van der Waals surface area contributed by atoms with Crippen LogP contribution in [0.2, 0.25) is 0 Å². The first-order valence-corrected chi connectivity index (χ1v) is 10.5. The first kappa shape index (κ1) is 20.9. The smallest absolute Gasteiger partial charge is 0.229 e. The zero-order valence-corrected chi connectivity index (χ0v) is 18.3. The third kappa shape index (κ3) is 5.64. The fourth-order valence-electron chi connectivity index (χ4n) is 3.41. The molecule has 4 rings (SSSR count). The SMILES string of the molecule is C[C@H]1CN(c2nc(Nc3cccc(OCc4ccccc4)c3)cc(N(C)C)n2)CCO1. The van der Waals surface area contributed by atoms with E-state index in [1.165, 1.54) is 0 Å². The Morgan fingerprint density at radius 1 is 1.10 bits per heavy atom. The third-order valence-electron chi connectivity index (χ3n) is 5.04. The Kier molecular flexibility index (Phi) is 6.52. The lowest BCUT2D eigenvalue weighted by Gasteiger charge is -2.31. The van der Waals surface area contributed by atoms with Gasteiger partial charge in [0.05, 0.1) is 12.7 Å². The van der Waals surface area contributed by atoms with Crippen molar-refractivity contribution in [3.05, 3.63) is 66.2 Å². The second-order valence-corrected chi connectivity index (χ2v) is 7.86. The van der Waals surface area contributed by atoms with Crippen LogP contribution >= 0.6 is 0 Å². The van der Waals surface area contributed by atoms with Crippen molar-refractivity contribution in [1.82, 2.24) is 9.97 Å². The van der Waals surface area contributed by atoms with Gasteiger partial charge in [0.15, 0.2) is 0 Å². The van der Waals surface area contributed by atoms with Gasteiger partial charge in [0.1, 0.15) is 24.0 Å². The molecule has 3 aromatic rings. The lowest BCUT2D eigenvalue weighted by molar-refractivity contribution is 0.0526. The molecule has 0 bridgehead atoms. The minimum absolute atomic E-state index is 0.162. The number of anilines is 4. The Morgan fingerprint density at radius 3 is 2.71 bits per heavy atom. The lowest BCUT2D eigenvalue weighted by Crippen LogP contribution is -2.42. The molecule has 0 amide bonds. The van der Waals surface area contributed by atoms with Crippen LogP contribution in [0.15, 0.2) is 60.7 Å². The van der Waals surface area contributed by atoms with Crippen molar-refractivity contribution in [2.75, 3.05) is 48.9 Å². The van der Waals surface area contributed by atoms with E-state index in [9.17, 15) is 0 Å². The molecule has 1 fully saturated rings. The summed E-state index contributed by atoms with van der Waals surface area (Å²) in [4.78, 5) is 13.7. The third-order valence-corrected chi connectivity index (χ3v) is 5.04. The van der Waals surface area contributed by atoms with Crippen LogP contribution in [-0.2, 0) is 11.3 Å². The molecule has 0 aliphatic carbocycles. The summed E-state index contributed by atoms with van der Waals surface area (Å²) >= 11 is 0. The molecular weight excluding hydrogens is 390 g/mol. The van der Waals surface area contributed by atoms with Crippen LogP contribution in [0.25, 0.3) is 0 Å². The number of hydrogen-bond donors (Lipinski definition) is 1. The van der Waals surface area contributed by atoms with Gasteiger partial charge in [0.25, 0.3) is 0 Å². The molecular formula is C24H29N5O2. The van der Waals surface area contributed by atoms with Gasteiger partial charge in [-0.25, -0.2) is 0 Å². The first-order valence-electron chi connectivity index (χ1n) is 10.5. The van der Waals surface area contributed by atoms with Crippen LogP contribution in [0.3, 0.4) is 0 Å². The average Bonchev–Trinajstić information content (AvgIpc) is 2.78. The van der Waals surface area contributed by atoms with Crippen LogP contribution in [0.1, 0.15) is 12.5 Å². The van der Waals surface area contributed by atoms with Gasteiger partial charge in [-0.05, 0) is 24.6 Å². The average molecular weight is 420 g/mol. The number of aromatic nitrogens is 2. The molecule has 0 unspecified atom stereocenters. The van der Waals surface area contributed by atoms with E-state index < -0.39 is 0 Å². The molecule has 31 heavy (non-hydrogen) atoms. The molecule has 2 aromatic carbocycles. The van der Waals surface area contributed by atoms with E-state index in [0.29, 0.717) is 19.2 Å². The molecule has 7 nitrogen and oxygen atoms in total. The van der Waals surface area contributed by atoms with Crippen LogP contribution in [0, 0.1) is 0 Å². The van der Waals surface area contributed by atoms with Crippen molar-refractivity contribution in [3.63, 3.8) is 0 Å². The maximum absolute atomic E-state index is 5.96. The van der Waals surface area contributed by atoms with E-state index in [-0.39, 0.29) is 6.10 Å². The van der Waals surface area contributed by atoms with Gasteiger partial charge in [0, 0.05) is 45.0 Å². The van der Waals surface area contributed by atoms with Crippen molar-refractivity contribution in [1.29, 1.82) is 0 Å². The highest BCUT2D eigenvalue weighted by atomic mass is 16.5. The summed E-state index contributed by atoms with van der Waals surface area (Å²) in [5.41, 5.74) is 2.05. The summed E-state index contributed by atoms with van der Waals surface area (Å²) < 4.78 is 11.6. The van der Waals surface area contributed by atoms with Crippen LogP contribution in [0.4, 0.5) is 23.3 Å². The number of morpholine rings is 1. The Labute approximate surface area is 183 Å². The quantitative estimate of drug-likeness (QED) is 0.619. The van der Waals surface area contributed by atoms with Gasteiger partial charge >= 0.3 is 0 Å². The topological polar surface area (TPSA) is 62.8 Å². The highest BCUT2D eigenvalue weighted by Crippen LogP contribution is 2.25. The molecule has 1 aromatic heterocycles. The van der Waals surface area contributed by atoms with Crippen molar-refractivity contribution in [2.45, 2.75) is 19.6 Å².